The Balaban J connectivity index is 2.20. The number of carbonyl (C=O) groups is 1. The van der Waals surface area contributed by atoms with Crippen LogP contribution in [0.25, 0.3) is 0 Å². The van der Waals surface area contributed by atoms with Crippen molar-refractivity contribution in [2.75, 3.05) is 18.6 Å². The van der Waals surface area contributed by atoms with Gasteiger partial charge in [-0.3, -0.25) is 4.79 Å². The third-order valence-electron chi connectivity index (χ3n) is 3.33. The molecule has 1 aromatic carbocycles. The highest BCUT2D eigenvalue weighted by Gasteiger charge is 2.49. The van der Waals surface area contributed by atoms with E-state index < -0.39 is 12.0 Å². The summed E-state index contributed by atoms with van der Waals surface area (Å²) in [5.74, 6) is 0.0330. The summed E-state index contributed by atoms with van der Waals surface area (Å²) in [6.07, 6.45) is -0.746. The Labute approximate surface area is 106 Å². The summed E-state index contributed by atoms with van der Waals surface area (Å²) in [6, 6.07) is 6.68. The molecule has 0 unspecified atom stereocenters. The van der Waals surface area contributed by atoms with E-state index in [0.29, 0.717) is 11.4 Å². The Morgan fingerprint density at radius 1 is 1.39 bits per heavy atom. The Hall–Kier alpha value is -1.59. The molecule has 1 aliphatic rings. The lowest BCUT2D eigenvalue weighted by atomic mass is 9.83. The van der Waals surface area contributed by atoms with Crippen molar-refractivity contribution < 1.29 is 19.7 Å². The van der Waals surface area contributed by atoms with Crippen molar-refractivity contribution in [2.24, 2.45) is 5.92 Å². The Morgan fingerprint density at radius 2 is 2.00 bits per heavy atom. The second-order valence-corrected chi connectivity index (χ2v) is 4.42. The van der Waals surface area contributed by atoms with Crippen LogP contribution in [0.5, 0.6) is 5.75 Å². The van der Waals surface area contributed by atoms with Gasteiger partial charge in [0.1, 0.15) is 5.75 Å². The zero-order valence-electron chi connectivity index (χ0n) is 10.4. The smallest absolute Gasteiger partial charge is 0.235 e. The number of carbonyl (C=O) groups excluding carboxylic acids is 1. The van der Waals surface area contributed by atoms with Crippen LogP contribution in [0.2, 0.25) is 0 Å². The molecule has 98 valence electrons. The molecule has 1 aromatic rings. The lowest BCUT2D eigenvalue weighted by Gasteiger charge is -2.47. The third-order valence-corrected chi connectivity index (χ3v) is 3.33. The number of β-lactam (4-membered cyclic amide) rings is 1. The van der Waals surface area contributed by atoms with Crippen molar-refractivity contribution in [1.29, 1.82) is 0 Å². The number of rotatable bonds is 4. The summed E-state index contributed by atoms with van der Waals surface area (Å²) < 4.78 is 5.05. The first-order valence-electron chi connectivity index (χ1n) is 5.86. The predicted molar refractivity (Wildman–Crippen MR) is 66.5 cm³/mol. The van der Waals surface area contributed by atoms with Gasteiger partial charge in [-0.15, -0.1) is 0 Å². The summed E-state index contributed by atoms with van der Waals surface area (Å²) in [5.41, 5.74) is 0.705. The molecule has 0 saturated carbocycles. The summed E-state index contributed by atoms with van der Waals surface area (Å²) in [6.45, 7) is 1.41. The lowest BCUT2D eigenvalue weighted by Crippen LogP contribution is -2.66. The fourth-order valence-electron chi connectivity index (χ4n) is 2.35. The first kappa shape index (κ1) is 12.9. The molecule has 0 aliphatic carbocycles. The van der Waals surface area contributed by atoms with E-state index in [4.69, 9.17) is 4.74 Å². The summed E-state index contributed by atoms with van der Waals surface area (Å²) >= 11 is 0. The lowest BCUT2D eigenvalue weighted by molar-refractivity contribution is -0.136. The second-order valence-electron chi connectivity index (χ2n) is 4.42. The number of benzene rings is 1. The van der Waals surface area contributed by atoms with Gasteiger partial charge in [-0.2, -0.15) is 0 Å². The molecule has 0 aromatic heterocycles. The molecule has 1 fully saturated rings. The van der Waals surface area contributed by atoms with Gasteiger partial charge in [-0.25, -0.2) is 0 Å². The number of anilines is 1. The van der Waals surface area contributed by atoms with Gasteiger partial charge in [-0.1, -0.05) is 0 Å². The van der Waals surface area contributed by atoms with Crippen molar-refractivity contribution in [2.45, 2.75) is 19.1 Å². The number of aliphatic hydroxyl groups is 2. The molecule has 1 amide bonds. The SMILES string of the molecule is COc1ccc(N2C(=O)[C@@H]([C@@H](C)O)[C@H]2CO)cc1. The first-order chi connectivity index (χ1) is 8.60. The fraction of sp³-hybridized carbons (Fsp3) is 0.462. The summed E-state index contributed by atoms with van der Waals surface area (Å²) in [5, 5.41) is 18.8. The zero-order valence-corrected chi connectivity index (χ0v) is 10.4. The maximum absolute atomic E-state index is 12.0. The molecular formula is C13H17NO4. The minimum atomic E-state index is -0.746. The van der Waals surface area contributed by atoms with Gasteiger partial charge in [0.15, 0.2) is 0 Å². The molecule has 5 nitrogen and oxygen atoms in total. The van der Waals surface area contributed by atoms with Crippen LogP contribution in [0.15, 0.2) is 24.3 Å². The molecule has 1 saturated heterocycles. The molecule has 18 heavy (non-hydrogen) atoms. The van der Waals surface area contributed by atoms with Crippen molar-refractivity contribution in [3.8, 4) is 5.75 Å². The van der Waals surface area contributed by atoms with Gasteiger partial charge >= 0.3 is 0 Å². The van der Waals surface area contributed by atoms with Crippen molar-refractivity contribution in [3.05, 3.63) is 24.3 Å². The number of amides is 1. The first-order valence-corrected chi connectivity index (χ1v) is 5.86. The normalized spacial score (nSPS) is 24.7. The van der Waals surface area contributed by atoms with E-state index in [-0.39, 0.29) is 18.6 Å². The van der Waals surface area contributed by atoms with E-state index in [2.05, 4.69) is 0 Å². The number of hydrogen-bond acceptors (Lipinski definition) is 4. The van der Waals surface area contributed by atoms with Crippen LogP contribution >= 0.6 is 0 Å². The number of hydrogen-bond donors (Lipinski definition) is 2. The average Bonchev–Trinajstić information content (AvgIpc) is 2.36. The molecule has 0 spiro atoms. The van der Waals surface area contributed by atoms with Gasteiger partial charge in [0.05, 0.1) is 31.8 Å². The van der Waals surface area contributed by atoms with Crippen LogP contribution < -0.4 is 9.64 Å². The highest BCUT2D eigenvalue weighted by molar-refractivity contribution is 6.03. The zero-order chi connectivity index (χ0) is 13.3. The fourth-order valence-corrected chi connectivity index (χ4v) is 2.35. The second kappa shape index (κ2) is 4.96. The molecule has 2 rings (SSSR count). The van der Waals surface area contributed by atoms with Crippen LogP contribution in [0.1, 0.15) is 6.92 Å². The number of aliphatic hydroxyl groups excluding tert-OH is 2. The minimum Gasteiger partial charge on any atom is -0.497 e. The van der Waals surface area contributed by atoms with Crippen molar-refractivity contribution >= 4 is 11.6 Å². The van der Waals surface area contributed by atoms with Crippen LogP contribution in [-0.2, 0) is 4.79 Å². The van der Waals surface area contributed by atoms with Gasteiger partial charge in [0, 0.05) is 5.69 Å². The van der Waals surface area contributed by atoms with Crippen molar-refractivity contribution in [3.63, 3.8) is 0 Å². The summed E-state index contributed by atoms with van der Waals surface area (Å²) in [4.78, 5) is 13.5. The Morgan fingerprint density at radius 3 is 2.44 bits per heavy atom. The molecule has 0 radical (unpaired) electrons. The van der Waals surface area contributed by atoms with E-state index in [1.54, 1.807) is 38.3 Å². The monoisotopic (exact) mass is 251 g/mol. The molecule has 0 bridgehead atoms. The van der Waals surface area contributed by atoms with Crippen LogP contribution in [0, 0.1) is 5.92 Å². The Kier molecular flexibility index (Phi) is 3.54. The minimum absolute atomic E-state index is 0.158. The number of methoxy groups -OCH3 is 1. The van der Waals surface area contributed by atoms with Crippen LogP contribution in [0.4, 0.5) is 5.69 Å². The van der Waals surface area contributed by atoms with E-state index >= 15 is 0 Å². The number of ether oxygens (including phenoxy) is 1. The summed E-state index contributed by atoms with van der Waals surface area (Å²) in [7, 11) is 1.57. The third kappa shape index (κ3) is 1.95. The van der Waals surface area contributed by atoms with E-state index in [9.17, 15) is 15.0 Å². The topological polar surface area (TPSA) is 70.0 Å². The average molecular weight is 251 g/mol. The molecule has 1 heterocycles. The maximum atomic E-state index is 12.0. The number of nitrogens with zero attached hydrogens (tertiary/aromatic N) is 1. The van der Waals surface area contributed by atoms with E-state index in [1.165, 1.54) is 4.90 Å². The molecule has 5 heteroatoms. The molecule has 2 N–H and O–H groups in total. The molecular weight excluding hydrogens is 234 g/mol. The highest BCUT2D eigenvalue weighted by Crippen LogP contribution is 2.35. The highest BCUT2D eigenvalue weighted by atomic mass is 16.5. The van der Waals surface area contributed by atoms with Crippen molar-refractivity contribution in [1.82, 2.24) is 0 Å². The largest absolute Gasteiger partial charge is 0.497 e. The van der Waals surface area contributed by atoms with Gasteiger partial charge in [0.25, 0.3) is 0 Å². The van der Waals surface area contributed by atoms with Crippen LogP contribution in [0.3, 0.4) is 0 Å². The molecule has 3 atom stereocenters. The predicted octanol–water partition coefficient (Wildman–Crippen LogP) is 0.400. The standard InChI is InChI=1S/C13H17NO4/c1-8(16)12-11(7-15)14(13(12)17)9-3-5-10(18-2)6-4-9/h3-6,8,11-12,15-16H,7H2,1-2H3/t8-,11-,12+/m1/s1. The van der Waals surface area contributed by atoms with E-state index in [1.807, 2.05) is 0 Å². The van der Waals surface area contributed by atoms with Crippen LogP contribution in [-0.4, -0.2) is 42.0 Å². The Bertz CT molecular complexity index is 429. The van der Waals surface area contributed by atoms with Gasteiger partial charge in [-0.05, 0) is 31.2 Å². The molecule has 1 aliphatic heterocycles. The maximum Gasteiger partial charge on any atom is 0.235 e. The van der Waals surface area contributed by atoms with E-state index in [0.717, 1.165) is 0 Å². The van der Waals surface area contributed by atoms with Gasteiger partial charge < -0.3 is 19.8 Å². The van der Waals surface area contributed by atoms with Gasteiger partial charge in [0.2, 0.25) is 5.91 Å². The quantitative estimate of drug-likeness (QED) is 0.760.